The van der Waals surface area contributed by atoms with E-state index in [2.05, 4.69) is 47.7 Å². The van der Waals surface area contributed by atoms with Gasteiger partial charge in [-0.3, -0.25) is 4.79 Å². The lowest BCUT2D eigenvalue weighted by Crippen LogP contribution is -2.28. The molecule has 0 aliphatic carbocycles. The van der Waals surface area contributed by atoms with Crippen molar-refractivity contribution in [3.63, 3.8) is 0 Å². The zero-order valence-corrected chi connectivity index (χ0v) is 18.9. The third-order valence-electron chi connectivity index (χ3n) is 4.84. The van der Waals surface area contributed by atoms with Gasteiger partial charge in [-0.05, 0) is 30.2 Å². The van der Waals surface area contributed by atoms with Crippen molar-refractivity contribution >= 4 is 32.4 Å². The molecule has 1 aliphatic heterocycles. The molecule has 1 amide bonds. The van der Waals surface area contributed by atoms with Crippen molar-refractivity contribution in [3.8, 4) is 0 Å². The molecule has 0 unspecified atom stereocenters. The quantitative estimate of drug-likeness (QED) is 0.727. The standard InChI is InChI=1S/C20H28N4O3S2/c1-20(2,3)14-5-7-15(8-6-14)29(26,27)21-11-9-18(25)23-19-22-16-10-12-24(4)13-17(16)28-19/h5-8,21H,9-13H2,1-4H3,(H,22,23,25). The summed E-state index contributed by atoms with van der Waals surface area (Å²) in [4.78, 5) is 20.2. The average molecular weight is 437 g/mol. The van der Waals surface area contributed by atoms with Gasteiger partial charge in [-0.15, -0.1) is 11.3 Å². The fraction of sp³-hybridized carbons (Fsp3) is 0.500. The van der Waals surface area contributed by atoms with Gasteiger partial charge >= 0.3 is 0 Å². The summed E-state index contributed by atoms with van der Waals surface area (Å²) in [5.41, 5.74) is 2.06. The summed E-state index contributed by atoms with van der Waals surface area (Å²) in [7, 11) is -1.59. The molecule has 0 saturated heterocycles. The number of benzene rings is 1. The van der Waals surface area contributed by atoms with E-state index in [0.29, 0.717) is 5.13 Å². The van der Waals surface area contributed by atoms with Crippen LogP contribution in [0.15, 0.2) is 29.2 Å². The van der Waals surface area contributed by atoms with Crippen molar-refractivity contribution in [3.05, 3.63) is 40.4 Å². The molecule has 29 heavy (non-hydrogen) atoms. The predicted molar refractivity (Wildman–Crippen MR) is 116 cm³/mol. The second-order valence-electron chi connectivity index (χ2n) is 8.35. The highest BCUT2D eigenvalue weighted by Gasteiger charge is 2.20. The molecular formula is C20H28N4O3S2. The molecule has 0 spiro atoms. The monoisotopic (exact) mass is 436 g/mol. The maximum atomic E-state index is 12.4. The van der Waals surface area contributed by atoms with E-state index < -0.39 is 10.0 Å². The van der Waals surface area contributed by atoms with Gasteiger partial charge in [0.2, 0.25) is 15.9 Å². The molecule has 3 rings (SSSR count). The zero-order chi connectivity index (χ0) is 21.2. The molecule has 0 saturated carbocycles. The van der Waals surface area contributed by atoms with Crippen LogP contribution in [0.4, 0.5) is 5.13 Å². The van der Waals surface area contributed by atoms with Crippen LogP contribution < -0.4 is 10.0 Å². The summed E-state index contributed by atoms with van der Waals surface area (Å²) in [5.74, 6) is -0.254. The van der Waals surface area contributed by atoms with Crippen LogP contribution >= 0.6 is 11.3 Å². The number of carbonyl (C=O) groups is 1. The molecule has 158 valence electrons. The van der Waals surface area contributed by atoms with Crippen molar-refractivity contribution in [2.24, 2.45) is 0 Å². The number of sulfonamides is 1. The van der Waals surface area contributed by atoms with E-state index in [1.807, 2.05) is 12.1 Å². The molecule has 2 heterocycles. The van der Waals surface area contributed by atoms with Crippen molar-refractivity contribution in [1.29, 1.82) is 0 Å². The van der Waals surface area contributed by atoms with Crippen LogP contribution in [0.3, 0.4) is 0 Å². The number of rotatable bonds is 6. The Morgan fingerprint density at radius 3 is 2.59 bits per heavy atom. The maximum Gasteiger partial charge on any atom is 0.240 e. The lowest BCUT2D eigenvalue weighted by Gasteiger charge is -2.20. The minimum Gasteiger partial charge on any atom is -0.302 e. The van der Waals surface area contributed by atoms with E-state index in [0.717, 1.165) is 30.8 Å². The molecule has 0 bridgehead atoms. The van der Waals surface area contributed by atoms with Crippen molar-refractivity contribution in [2.45, 2.75) is 50.5 Å². The lowest BCUT2D eigenvalue weighted by molar-refractivity contribution is -0.116. The van der Waals surface area contributed by atoms with Gasteiger partial charge in [-0.2, -0.15) is 0 Å². The van der Waals surface area contributed by atoms with E-state index in [4.69, 9.17) is 0 Å². The smallest absolute Gasteiger partial charge is 0.240 e. The highest BCUT2D eigenvalue weighted by molar-refractivity contribution is 7.89. The summed E-state index contributed by atoms with van der Waals surface area (Å²) in [6.45, 7) is 8.06. The van der Waals surface area contributed by atoms with Crippen LogP contribution in [0, 0.1) is 0 Å². The second-order valence-corrected chi connectivity index (χ2v) is 11.2. The Kier molecular flexibility index (Phi) is 6.42. The summed E-state index contributed by atoms with van der Waals surface area (Å²) in [6.07, 6.45) is 0.926. The van der Waals surface area contributed by atoms with E-state index in [-0.39, 0.29) is 29.2 Å². The molecule has 1 aromatic heterocycles. The Morgan fingerprint density at radius 2 is 1.93 bits per heavy atom. The van der Waals surface area contributed by atoms with E-state index in [1.54, 1.807) is 12.1 Å². The highest BCUT2D eigenvalue weighted by Crippen LogP contribution is 2.27. The zero-order valence-electron chi connectivity index (χ0n) is 17.3. The van der Waals surface area contributed by atoms with Crippen LogP contribution in [-0.2, 0) is 33.2 Å². The van der Waals surface area contributed by atoms with Gasteiger partial charge in [-0.1, -0.05) is 32.9 Å². The van der Waals surface area contributed by atoms with Crippen LogP contribution in [0.25, 0.3) is 0 Å². The van der Waals surface area contributed by atoms with Crippen molar-refractivity contribution in [1.82, 2.24) is 14.6 Å². The summed E-state index contributed by atoms with van der Waals surface area (Å²) in [6, 6.07) is 6.84. The molecule has 0 fully saturated rings. The van der Waals surface area contributed by atoms with Gasteiger partial charge in [0.15, 0.2) is 5.13 Å². The number of likely N-dealkylation sites (N-methyl/N-ethyl adjacent to an activating group) is 1. The largest absolute Gasteiger partial charge is 0.302 e. The lowest BCUT2D eigenvalue weighted by atomic mass is 9.87. The first-order chi connectivity index (χ1) is 13.5. The van der Waals surface area contributed by atoms with Gasteiger partial charge in [0, 0.05) is 37.4 Å². The fourth-order valence-electron chi connectivity index (χ4n) is 3.07. The van der Waals surface area contributed by atoms with Crippen molar-refractivity contribution in [2.75, 3.05) is 25.5 Å². The number of aromatic nitrogens is 1. The van der Waals surface area contributed by atoms with E-state index in [9.17, 15) is 13.2 Å². The normalized spacial score (nSPS) is 15.2. The highest BCUT2D eigenvalue weighted by atomic mass is 32.2. The Hall–Kier alpha value is -1.81. The number of hydrogen-bond acceptors (Lipinski definition) is 6. The summed E-state index contributed by atoms with van der Waals surface area (Å²) < 4.78 is 27.4. The third kappa shape index (κ3) is 5.63. The number of nitrogens with one attached hydrogen (secondary N) is 2. The van der Waals surface area contributed by atoms with Crippen LogP contribution in [0.2, 0.25) is 0 Å². The Labute approximate surface area is 176 Å². The Bertz CT molecular complexity index is 976. The summed E-state index contributed by atoms with van der Waals surface area (Å²) >= 11 is 1.48. The average Bonchev–Trinajstić information content (AvgIpc) is 3.02. The first kappa shape index (κ1) is 21.9. The Morgan fingerprint density at radius 1 is 1.24 bits per heavy atom. The van der Waals surface area contributed by atoms with Gasteiger partial charge in [0.05, 0.1) is 10.6 Å². The number of fused-ring (bicyclic) bond motifs is 1. The van der Waals surface area contributed by atoms with Gasteiger partial charge < -0.3 is 10.2 Å². The SMILES string of the molecule is CN1CCc2nc(NC(=O)CCNS(=O)(=O)c3ccc(C(C)(C)C)cc3)sc2C1. The number of thiazole rings is 1. The third-order valence-corrected chi connectivity index (χ3v) is 7.32. The Balaban J connectivity index is 1.52. The first-order valence-corrected chi connectivity index (χ1v) is 11.9. The molecule has 0 radical (unpaired) electrons. The molecule has 2 aromatic rings. The number of carbonyl (C=O) groups excluding carboxylic acids is 1. The van der Waals surface area contributed by atoms with Crippen LogP contribution in [-0.4, -0.2) is 44.3 Å². The topological polar surface area (TPSA) is 91.4 Å². The minimum absolute atomic E-state index is 0.0308. The van der Waals surface area contributed by atoms with Crippen LogP contribution in [0.5, 0.6) is 0 Å². The minimum atomic E-state index is -3.65. The van der Waals surface area contributed by atoms with Gasteiger partial charge in [-0.25, -0.2) is 18.1 Å². The molecule has 7 nitrogen and oxygen atoms in total. The molecule has 1 aliphatic rings. The maximum absolute atomic E-state index is 12.4. The van der Waals surface area contributed by atoms with E-state index in [1.165, 1.54) is 16.2 Å². The van der Waals surface area contributed by atoms with Gasteiger partial charge in [0.1, 0.15) is 0 Å². The molecule has 0 atom stereocenters. The molecular weight excluding hydrogens is 408 g/mol. The molecule has 1 aromatic carbocycles. The second kappa shape index (κ2) is 8.51. The van der Waals surface area contributed by atoms with Gasteiger partial charge in [0.25, 0.3) is 0 Å². The first-order valence-electron chi connectivity index (χ1n) is 9.62. The molecule has 9 heteroatoms. The summed E-state index contributed by atoms with van der Waals surface area (Å²) in [5, 5.41) is 3.36. The number of amides is 1. The van der Waals surface area contributed by atoms with E-state index >= 15 is 0 Å². The van der Waals surface area contributed by atoms with Crippen molar-refractivity contribution < 1.29 is 13.2 Å². The number of anilines is 1. The fourth-order valence-corrected chi connectivity index (χ4v) is 5.21. The van der Waals surface area contributed by atoms with Crippen LogP contribution in [0.1, 0.15) is 43.3 Å². The predicted octanol–water partition coefficient (Wildman–Crippen LogP) is 2.74. The molecule has 2 N–H and O–H groups in total. The number of nitrogens with zero attached hydrogens (tertiary/aromatic N) is 2. The number of hydrogen-bond donors (Lipinski definition) is 2.